The lowest BCUT2D eigenvalue weighted by Gasteiger charge is -2.30. The Morgan fingerprint density at radius 1 is 1.24 bits per heavy atom. The first-order valence-corrected chi connectivity index (χ1v) is 9.19. The Bertz CT molecular complexity index is 710. The molecule has 0 saturated carbocycles. The molecule has 0 aromatic rings. The molecule has 0 spiro atoms. The van der Waals surface area contributed by atoms with Gasteiger partial charge in [-0.25, -0.2) is 17.6 Å². The highest BCUT2D eigenvalue weighted by Crippen LogP contribution is 2.43. The lowest BCUT2D eigenvalue weighted by molar-refractivity contribution is 0.376. The van der Waals surface area contributed by atoms with E-state index in [1.54, 1.807) is 6.08 Å². The summed E-state index contributed by atoms with van der Waals surface area (Å²) in [5.74, 6) is -5.01. The van der Waals surface area contributed by atoms with E-state index in [9.17, 15) is 22.7 Å². The molecule has 0 aromatic heterocycles. The number of nitrogens with two attached hydrogens (primary N) is 1. The van der Waals surface area contributed by atoms with Gasteiger partial charge in [-0.05, 0) is 31.1 Å². The number of hydrogen-bond donors (Lipinski definition) is 2. The van der Waals surface area contributed by atoms with Crippen LogP contribution in [0.4, 0.5) is 17.6 Å². The van der Waals surface area contributed by atoms with Gasteiger partial charge in [-0.1, -0.05) is 6.08 Å². The van der Waals surface area contributed by atoms with E-state index in [0.29, 0.717) is 18.5 Å². The number of thioether (sulfide) groups is 1. The second-order valence-corrected chi connectivity index (χ2v) is 7.75. The quantitative estimate of drug-likeness (QED) is 0.661. The van der Waals surface area contributed by atoms with Gasteiger partial charge in [0.05, 0.1) is 5.70 Å². The Morgan fingerprint density at radius 3 is 2.76 bits per heavy atom. The molecule has 0 radical (unpaired) electrons. The summed E-state index contributed by atoms with van der Waals surface area (Å²) in [6.07, 6.45) is 6.46. The van der Waals surface area contributed by atoms with Crippen LogP contribution in [-0.4, -0.2) is 16.1 Å². The van der Waals surface area contributed by atoms with Gasteiger partial charge in [0.1, 0.15) is 17.4 Å². The van der Waals surface area contributed by atoms with Crippen molar-refractivity contribution in [1.29, 1.82) is 0 Å². The Kier molecular flexibility index (Phi) is 5.32. The van der Waals surface area contributed by atoms with Crippen molar-refractivity contribution in [1.82, 2.24) is 0 Å². The van der Waals surface area contributed by atoms with Crippen LogP contribution in [0.5, 0.6) is 0 Å². The second kappa shape index (κ2) is 7.32. The van der Waals surface area contributed by atoms with Gasteiger partial charge in [0, 0.05) is 35.2 Å². The Hall–Kier alpha value is -1.63. The third-order valence-electron chi connectivity index (χ3n) is 4.89. The summed E-state index contributed by atoms with van der Waals surface area (Å²) in [4.78, 5) is 0. The van der Waals surface area contributed by atoms with Gasteiger partial charge in [-0.15, -0.1) is 0 Å². The van der Waals surface area contributed by atoms with Crippen LogP contribution in [0.2, 0.25) is 0 Å². The summed E-state index contributed by atoms with van der Waals surface area (Å²) in [6.45, 7) is 0. The van der Waals surface area contributed by atoms with Crippen molar-refractivity contribution in [2.45, 2.75) is 24.5 Å². The molecule has 0 amide bonds. The molecule has 0 aromatic carbocycles. The van der Waals surface area contributed by atoms with E-state index in [2.05, 4.69) is 0 Å². The zero-order valence-electron chi connectivity index (χ0n) is 13.4. The molecule has 0 heterocycles. The zero-order valence-corrected chi connectivity index (χ0v) is 14.2. The summed E-state index contributed by atoms with van der Waals surface area (Å²) in [5, 5.41) is 9.92. The third kappa shape index (κ3) is 3.66. The van der Waals surface area contributed by atoms with Crippen molar-refractivity contribution >= 4 is 11.8 Å². The molecule has 4 atom stereocenters. The minimum absolute atomic E-state index is 0.0919. The number of rotatable bonds is 3. The van der Waals surface area contributed by atoms with Crippen molar-refractivity contribution < 1.29 is 22.7 Å². The maximum absolute atomic E-state index is 13.9. The first kappa shape index (κ1) is 18.2. The van der Waals surface area contributed by atoms with Crippen molar-refractivity contribution in [2.24, 2.45) is 23.5 Å². The average molecular weight is 373 g/mol. The molecule has 2 nitrogen and oxygen atoms in total. The number of aliphatic hydroxyl groups excluding tert-OH is 1. The molecule has 3 aliphatic carbocycles. The van der Waals surface area contributed by atoms with Crippen molar-refractivity contribution in [3.05, 3.63) is 59.1 Å². The topological polar surface area (TPSA) is 46.2 Å². The van der Waals surface area contributed by atoms with Gasteiger partial charge in [0.25, 0.3) is 0 Å². The van der Waals surface area contributed by atoms with Crippen LogP contribution < -0.4 is 5.73 Å². The van der Waals surface area contributed by atoms with Crippen LogP contribution in [0.15, 0.2) is 59.1 Å². The third-order valence-corrected chi connectivity index (χ3v) is 6.46. The van der Waals surface area contributed by atoms with Crippen LogP contribution in [0.1, 0.15) is 19.3 Å². The van der Waals surface area contributed by atoms with E-state index in [-0.39, 0.29) is 40.8 Å². The van der Waals surface area contributed by atoms with E-state index >= 15 is 0 Å². The highest BCUT2D eigenvalue weighted by Gasteiger charge is 2.36. The molecule has 0 aliphatic heterocycles. The van der Waals surface area contributed by atoms with Gasteiger partial charge in [-0.3, -0.25) is 0 Å². The van der Waals surface area contributed by atoms with Crippen LogP contribution in [0.25, 0.3) is 0 Å². The molecular weight excluding hydrogens is 354 g/mol. The lowest BCUT2D eigenvalue weighted by Crippen LogP contribution is -2.28. The fraction of sp³-hybridized carbons (Fsp3) is 0.444. The summed E-state index contributed by atoms with van der Waals surface area (Å²) in [7, 11) is 0. The fourth-order valence-corrected chi connectivity index (χ4v) is 4.95. The van der Waals surface area contributed by atoms with Crippen LogP contribution in [0, 0.1) is 17.8 Å². The number of halogens is 4. The van der Waals surface area contributed by atoms with Gasteiger partial charge >= 0.3 is 0 Å². The van der Waals surface area contributed by atoms with Gasteiger partial charge in [-0.2, -0.15) is 11.8 Å². The first-order chi connectivity index (χ1) is 11.9. The number of allylic oxidation sites excluding steroid dienone is 9. The molecular formula is C18H19F4NOS. The molecule has 0 bridgehead atoms. The smallest absolute Gasteiger partial charge is 0.190 e. The highest BCUT2D eigenvalue weighted by molar-refractivity contribution is 7.99. The van der Waals surface area contributed by atoms with Crippen molar-refractivity contribution in [3.8, 4) is 0 Å². The Balaban J connectivity index is 1.73. The van der Waals surface area contributed by atoms with Gasteiger partial charge < -0.3 is 10.8 Å². The summed E-state index contributed by atoms with van der Waals surface area (Å²) < 4.78 is 54.1. The van der Waals surface area contributed by atoms with Crippen LogP contribution >= 0.6 is 11.8 Å². The molecule has 3 N–H and O–H groups in total. The lowest BCUT2D eigenvalue weighted by atomic mass is 9.84. The maximum Gasteiger partial charge on any atom is 0.190 e. The molecule has 3 aliphatic rings. The highest BCUT2D eigenvalue weighted by atomic mass is 32.2. The van der Waals surface area contributed by atoms with Crippen LogP contribution in [0.3, 0.4) is 0 Å². The van der Waals surface area contributed by atoms with Crippen molar-refractivity contribution in [2.75, 3.05) is 5.75 Å². The molecule has 136 valence electrons. The minimum atomic E-state index is -1.43. The second-order valence-electron chi connectivity index (χ2n) is 6.47. The molecule has 25 heavy (non-hydrogen) atoms. The minimum Gasteiger partial charge on any atom is -0.511 e. The molecule has 0 saturated heterocycles. The Morgan fingerprint density at radius 2 is 2.00 bits per heavy atom. The number of aliphatic hydroxyl groups is 1. The average Bonchev–Trinajstić information content (AvgIpc) is 2.70. The van der Waals surface area contributed by atoms with E-state index in [0.717, 1.165) is 6.08 Å². The largest absolute Gasteiger partial charge is 0.511 e. The molecule has 0 fully saturated rings. The monoisotopic (exact) mass is 373 g/mol. The van der Waals surface area contributed by atoms with Gasteiger partial charge in [0.15, 0.2) is 11.7 Å². The molecule has 7 heteroatoms. The standard InChI is InChI=1S/C18H19F4NOS/c19-10-2-3-11-12(7-10)15(6-5-14(24)18(11)23)25-8-9-1-4-13(20)17(22)16(9)21/h2-4,7,9,11-12,15,24H,1,5-6,8,23H2/t9-,11?,12?,15+/m0/s1. The van der Waals surface area contributed by atoms with E-state index in [4.69, 9.17) is 5.73 Å². The number of fused-ring (bicyclic) bond motifs is 1. The van der Waals surface area contributed by atoms with Crippen LogP contribution in [-0.2, 0) is 0 Å². The number of hydrogen-bond acceptors (Lipinski definition) is 3. The molecule has 2 unspecified atom stereocenters. The molecule has 3 rings (SSSR count). The van der Waals surface area contributed by atoms with E-state index in [1.165, 1.54) is 23.9 Å². The van der Waals surface area contributed by atoms with Gasteiger partial charge in [0.2, 0.25) is 0 Å². The summed E-state index contributed by atoms with van der Waals surface area (Å²) >= 11 is 1.39. The SMILES string of the molecule is NC1=C(O)CC[C@@H](SC[C@@H]2CC=C(F)C(F)=C2F)C2C=C(F)C=CC12. The zero-order chi connectivity index (χ0) is 18.1. The summed E-state index contributed by atoms with van der Waals surface area (Å²) in [6, 6.07) is 0. The van der Waals surface area contributed by atoms with E-state index in [1.807, 2.05) is 0 Å². The Labute approximate surface area is 147 Å². The predicted molar refractivity (Wildman–Crippen MR) is 91.2 cm³/mol. The maximum atomic E-state index is 13.9. The van der Waals surface area contributed by atoms with Crippen molar-refractivity contribution in [3.63, 3.8) is 0 Å². The normalized spacial score (nSPS) is 33.0. The summed E-state index contributed by atoms with van der Waals surface area (Å²) in [5.41, 5.74) is 6.31. The fourth-order valence-electron chi connectivity index (χ4n) is 3.43. The predicted octanol–water partition coefficient (Wildman–Crippen LogP) is 5.29. The first-order valence-electron chi connectivity index (χ1n) is 8.14. The van der Waals surface area contributed by atoms with E-state index < -0.39 is 23.4 Å².